The fourth-order valence-corrected chi connectivity index (χ4v) is 5.08. The Morgan fingerprint density at radius 2 is 1.42 bits per heavy atom. The summed E-state index contributed by atoms with van der Waals surface area (Å²) in [6, 6.07) is 11.4. The van der Waals surface area contributed by atoms with Crippen molar-refractivity contribution in [1.82, 2.24) is 15.5 Å². The summed E-state index contributed by atoms with van der Waals surface area (Å²) >= 11 is 1.50. The van der Waals surface area contributed by atoms with Gasteiger partial charge in [-0.15, -0.1) is 0 Å². The standard InChI is InChI=1S/C34H49N3O7S/c1-22(2)37(30(40)25(19-20-45-9)36-32(42)44-34(6,7)8)28(24-17-13-14-18-27(24)38)29(39)35-26(31(41)43-33(3,4)5)21-23-15-11-10-12-16-23/h10-18,22,25-26,28,38H,19-21H2,1-9H3,(H,35,39)(H,36,42). The SMILES string of the molecule is CSCCC(NC(=O)OC(C)(C)C)C(=O)N(C(C)C)C(C(=O)NC(Cc1ccccc1)C(=O)OC(C)(C)C)c1ccccc1O. The smallest absolute Gasteiger partial charge is 0.408 e. The molecule has 10 nitrogen and oxygen atoms in total. The van der Waals surface area contributed by atoms with Crippen molar-refractivity contribution < 1.29 is 33.8 Å². The fourth-order valence-electron chi connectivity index (χ4n) is 4.61. The molecule has 0 aliphatic heterocycles. The van der Waals surface area contributed by atoms with Gasteiger partial charge in [-0.05, 0) is 85.4 Å². The lowest BCUT2D eigenvalue weighted by molar-refractivity contribution is -0.159. The quantitative estimate of drug-likeness (QED) is 0.248. The summed E-state index contributed by atoms with van der Waals surface area (Å²) < 4.78 is 11.1. The van der Waals surface area contributed by atoms with Gasteiger partial charge >= 0.3 is 12.1 Å². The van der Waals surface area contributed by atoms with Crippen LogP contribution in [-0.4, -0.2) is 75.2 Å². The molecule has 0 saturated carbocycles. The lowest BCUT2D eigenvalue weighted by Crippen LogP contribution is -2.56. The molecular formula is C34H49N3O7S. The number of carbonyl (C=O) groups excluding carboxylic acids is 4. The highest BCUT2D eigenvalue weighted by atomic mass is 32.2. The number of thioether (sulfide) groups is 1. The Hall–Kier alpha value is -3.73. The number of nitrogens with one attached hydrogen (secondary N) is 2. The summed E-state index contributed by atoms with van der Waals surface area (Å²) in [7, 11) is 0. The highest BCUT2D eigenvalue weighted by molar-refractivity contribution is 7.98. The molecule has 0 fully saturated rings. The molecule has 3 atom stereocenters. The van der Waals surface area contributed by atoms with Crippen molar-refractivity contribution in [3.05, 3.63) is 65.7 Å². The Morgan fingerprint density at radius 3 is 1.96 bits per heavy atom. The molecule has 0 radical (unpaired) electrons. The van der Waals surface area contributed by atoms with Crippen LogP contribution in [0.15, 0.2) is 54.6 Å². The number of hydrogen-bond donors (Lipinski definition) is 3. The summed E-state index contributed by atoms with van der Waals surface area (Å²) in [5, 5.41) is 16.4. The number of para-hydroxylation sites is 1. The summed E-state index contributed by atoms with van der Waals surface area (Å²) in [6.07, 6.45) is 1.53. The maximum Gasteiger partial charge on any atom is 0.408 e. The minimum Gasteiger partial charge on any atom is -0.508 e. The molecule has 0 spiro atoms. The molecule has 3 amide bonds. The summed E-state index contributed by atoms with van der Waals surface area (Å²) in [5.41, 5.74) is -0.641. The van der Waals surface area contributed by atoms with E-state index in [1.807, 2.05) is 36.6 Å². The molecule has 2 rings (SSSR count). The second-order valence-corrected chi connectivity index (χ2v) is 14.1. The number of carbonyl (C=O) groups is 4. The second kappa shape index (κ2) is 16.5. The van der Waals surface area contributed by atoms with E-state index in [-0.39, 0.29) is 24.2 Å². The zero-order valence-corrected chi connectivity index (χ0v) is 28.7. The molecule has 3 unspecified atom stereocenters. The van der Waals surface area contributed by atoms with E-state index in [1.54, 1.807) is 73.6 Å². The third kappa shape index (κ3) is 12.3. The predicted octanol–water partition coefficient (Wildman–Crippen LogP) is 5.39. The number of ether oxygens (including phenoxy) is 2. The highest BCUT2D eigenvalue weighted by Crippen LogP contribution is 2.32. The number of nitrogens with zero attached hydrogens (tertiary/aromatic N) is 1. The third-order valence-corrected chi connectivity index (χ3v) is 7.10. The van der Waals surface area contributed by atoms with Crippen LogP contribution in [0.25, 0.3) is 0 Å². The van der Waals surface area contributed by atoms with Crippen molar-refractivity contribution in [3.63, 3.8) is 0 Å². The van der Waals surface area contributed by atoms with E-state index in [4.69, 9.17) is 9.47 Å². The summed E-state index contributed by atoms with van der Waals surface area (Å²) in [4.78, 5) is 56.1. The van der Waals surface area contributed by atoms with Crippen LogP contribution in [-0.2, 0) is 30.3 Å². The number of phenolic OH excluding ortho intramolecular Hbond substituents is 1. The summed E-state index contributed by atoms with van der Waals surface area (Å²) in [6.45, 7) is 13.9. The molecule has 45 heavy (non-hydrogen) atoms. The number of alkyl carbamates (subject to hydrolysis) is 1. The van der Waals surface area contributed by atoms with Crippen LogP contribution < -0.4 is 10.6 Å². The number of phenols is 1. The van der Waals surface area contributed by atoms with E-state index >= 15 is 0 Å². The average molecular weight is 644 g/mol. The van der Waals surface area contributed by atoms with Crippen LogP contribution in [0.2, 0.25) is 0 Å². The van der Waals surface area contributed by atoms with Gasteiger partial charge in [0.2, 0.25) is 11.8 Å². The van der Waals surface area contributed by atoms with Crippen LogP contribution in [0.4, 0.5) is 4.79 Å². The van der Waals surface area contributed by atoms with E-state index in [0.29, 0.717) is 5.75 Å². The number of esters is 1. The highest BCUT2D eigenvalue weighted by Gasteiger charge is 2.40. The van der Waals surface area contributed by atoms with Crippen LogP contribution >= 0.6 is 11.8 Å². The monoisotopic (exact) mass is 643 g/mol. The molecule has 0 heterocycles. The average Bonchev–Trinajstić information content (AvgIpc) is 2.92. The molecule has 0 aliphatic rings. The summed E-state index contributed by atoms with van der Waals surface area (Å²) in [5.74, 6) is -1.52. The second-order valence-electron chi connectivity index (χ2n) is 13.1. The molecule has 2 aromatic rings. The van der Waals surface area contributed by atoms with Gasteiger partial charge in [-0.1, -0.05) is 48.5 Å². The van der Waals surface area contributed by atoms with Crippen LogP contribution in [0, 0.1) is 0 Å². The number of aromatic hydroxyl groups is 1. The minimum absolute atomic E-state index is 0.140. The van der Waals surface area contributed by atoms with Crippen molar-refractivity contribution in [2.24, 2.45) is 0 Å². The van der Waals surface area contributed by atoms with Crippen LogP contribution in [0.5, 0.6) is 5.75 Å². The lowest BCUT2D eigenvalue weighted by atomic mass is 9.98. The maximum atomic E-state index is 14.3. The molecule has 0 aliphatic carbocycles. The van der Waals surface area contributed by atoms with E-state index < -0.39 is 59.2 Å². The van der Waals surface area contributed by atoms with Gasteiger partial charge in [-0.2, -0.15) is 11.8 Å². The van der Waals surface area contributed by atoms with Crippen molar-refractivity contribution in [2.75, 3.05) is 12.0 Å². The van der Waals surface area contributed by atoms with Gasteiger partial charge in [-0.25, -0.2) is 9.59 Å². The van der Waals surface area contributed by atoms with Gasteiger partial charge in [0, 0.05) is 18.0 Å². The van der Waals surface area contributed by atoms with Gasteiger partial charge in [0.25, 0.3) is 0 Å². The Morgan fingerprint density at radius 1 is 0.844 bits per heavy atom. The van der Waals surface area contributed by atoms with Crippen molar-refractivity contribution in [3.8, 4) is 5.75 Å². The van der Waals surface area contributed by atoms with Gasteiger partial charge in [-0.3, -0.25) is 9.59 Å². The zero-order valence-electron chi connectivity index (χ0n) is 27.9. The topological polar surface area (TPSA) is 134 Å². The molecule has 248 valence electrons. The maximum absolute atomic E-state index is 14.3. The van der Waals surface area contributed by atoms with Crippen LogP contribution in [0.1, 0.15) is 79.0 Å². The molecular weight excluding hydrogens is 594 g/mol. The first kappa shape index (κ1) is 37.5. The Labute approximate surface area is 271 Å². The molecule has 0 aromatic heterocycles. The molecule has 3 N–H and O–H groups in total. The predicted molar refractivity (Wildman–Crippen MR) is 177 cm³/mol. The largest absolute Gasteiger partial charge is 0.508 e. The fraction of sp³-hybridized carbons (Fsp3) is 0.529. The Balaban J connectivity index is 2.59. The first-order valence-corrected chi connectivity index (χ1v) is 16.5. The minimum atomic E-state index is -1.35. The van der Waals surface area contributed by atoms with Gasteiger partial charge in [0.05, 0.1) is 0 Å². The van der Waals surface area contributed by atoms with Crippen molar-refractivity contribution in [2.45, 2.75) is 104 Å². The van der Waals surface area contributed by atoms with Crippen LogP contribution in [0.3, 0.4) is 0 Å². The Kier molecular flexibility index (Phi) is 13.8. The normalized spacial score (nSPS) is 13.7. The lowest BCUT2D eigenvalue weighted by Gasteiger charge is -2.38. The number of hydrogen-bond acceptors (Lipinski definition) is 8. The number of benzene rings is 2. The first-order valence-electron chi connectivity index (χ1n) is 15.1. The third-order valence-electron chi connectivity index (χ3n) is 6.46. The van der Waals surface area contributed by atoms with E-state index in [1.165, 1.54) is 22.7 Å². The molecule has 2 aromatic carbocycles. The first-order chi connectivity index (χ1) is 20.9. The number of amides is 3. The number of rotatable bonds is 13. The van der Waals surface area contributed by atoms with Crippen molar-refractivity contribution in [1.29, 1.82) is 0 Å². The van der Waals surface area contributed by atoms with E-state index in [9.17, 15) is 24.3 Å². The van der Waals surface area contributed by atoms with Gasteiger partial charge in [0.15, 0.2) is 0 Å². The van der Waals surface area contributed by atoms with Crippen molar-refractivity contribution >= 4 is 35.6 Å². The van der Waals surface area contributed by atoms with Gasteiger partial charge in [0.1, 0.15) is 35.1 Å². The molecule has 0 bridgehead atoms. The molecule has 11 heteroatoms. The van der Waals surface area contributed by atoms with E-state index in [2.05, 4.69) is 10.6 Å². The zero-order chi connectivity index (χ0) is 33.9. The van der Waals surface area contributed by atoms with E-state index in [0.717, 1.165) is 5.56 Å². The Bertz CT molecular complexity index is 1290. The van der Waals surface area contributed by atoms with Gasteiger partial charge < -0.3 is 30.1 Å². The molecule has 0 saturated heterocycles.